The zero-order chi connectivity index (χ0) is 12.8. The molecule has 96 valence electrons. The lowest BCUT2D eigenvalue weighted by molar-refractivity contribution is 0.610. The highest BCUT2D eigenvalue weighted by atomic mass is 15.3. The molecule has 3 aromatic rings. The van der Waals surface area contributed by atoms with Gasteiger partial charge in [-0.25, -0.2) is 14.5 Å². The first-order valence-corrected chi connectivity index (χ1v) is 6.38. The summed E-state index contributed by atoms with van der Waals surface area (Å²) in [7, 11) is 1.97. The van der Waals surface area contributed by atoms with Crippen LogP contribution in [0.2, 0.25) is 0 Å². The minimum absolute atomic E-state index is 0.868. The molecular weight excluding hydrogens is 240 g/mol. The fraction of sp³-hybridized carbons (Fsp3) is 0.308. The zero-order valence-electron chi connectivity index (χ0n) is 10.7. The Morgan fingerprint density at radius 1 is 1.32 bits per heavy atom. The molecule has 0 unspecified atom stereocenters. The number of aromatic nitrogens is 5. The van der Waals surface area contributed by atoms with Crippen LogP contribution >= 0.6 is 0 Å². The number of rotatable bonds is 1. The molecule has 3 aromatic heterocycles. The molecule has 1 aliphatic rings. The van der Waals surface area contributed by atoms with E-state index in [4.69, 9.17) is 0 Å². The zero-order valence-corrected chi connectivity index (χ0v) is 10.7. The lowest BCUT2D eigenvalue weighted by Crippen LogP contribution is -2.26. The molecular formula is C13H14N6. The molecule has 0 saturated carbocycles. The van der Waals surface area contributed by atoms with Crippen LogP contribution < -0.4 is 5.32 Å². The molecule has 1 aliphatic heterocycles. The smallest absolute Gasteiger partial charge is 0.160 e. The highest BCUT2D eigenvalue weighted by Crippen LogP contribution is 2.20. The summed E-state index contributed by atoms with van der Waals surface area (Å²) in [5.41, 5.74) is 4.24. The van der Waals surface area contributed by atoms with Crippen LogP contribution in [0, 0.1) is 0 Å². The fourth-order valence-electron chi connectivity index (χ4n) is 2.58. The Balaban J connectivity index is 1.94. The van der Waals surface area contributed by atoms with Gasteiger partial charge in [-0.1, -0.05) is 0 Å². The highest BCUT2D eigenvalue weighted by Gasteiger charge is 2.16. The van der Waals surface area contributed by atoms with Crippen molar-refractivity contribution >= 4 is 5.65 Å². The van der Waals surface area contributed by atoms with Crippen molar-refractivity contribution < 1.29 is 0 Å². The summed E-state index contributed by atoms with van der Waals surface area (Å²) < 4.78 is 3.93. The Hall–Kier alpha value is -2.21. The molecule has 6 nitrogen and oxygen atoms in total. The molecule has 0 fully saturated rings. The summed E-state index contributed by atoms with van der Waals surface area (Å²) in [4.78, 5) is 8.82. The summed E-state index contributed by atoms with van der Waals surface area (Å²) in [5, 5.41) is 8.02. The molecule has 0 spiro atoms. The topological polar surface area (TPSA) is 60.0 Å². The van der Waals surface area contributed by atoms with Crippen LogP contribution in [-0.4, -0.2) is 30.7 Å². The quantitative estimate of drug-likeness (QED) is 0.697. The minimum Gasteiger partial charge on any atom is -0.333 e. The summed E-state index contributed by atoms with van der Waals surface area (Å²) in [6.07, 6.45) is 6.63. The molecule has 0 radical (unpaired) electrons. The maximum Gasteiger partial charge on any atom is 0.160 e. The lowest BCUT2D eigenvalue weighted by atomic mass is 10.1. The average molecular weight is 254 g/mol. The van der Waals surface area contributed by atoms with E-state index in [2.05, 4.69) is 20.4 Å². The molecule has 0 amide bonds. The summed E-state index contributed by atoms with van der Waals surface area (Å²) in [6.45, 7) is 1.86. The third-order valence-corrected chi connectivity index (χ3v) is 3.57. The summed E-state index contributed by atoms with van der Waals surface area (Å²) in [5.74, 6) is 0.869. The van der Waals surface area contributed by atoms with E-state index < -0.39 is 0 Å². The van der Waals surface area contributed by atoms with Crippen LogP contribution in [0.4, 0.5) is 0 Å². The van der Waals surface area contributed by atoms with E-state index in [1.165, 1.54) is 11.3 Å². The average Bonchev–Trinajstić information content (AvgIpc) is 3.04. The monoisotopic (exact) mass is 254 g/mol. The minimum atomic E-state index is 0.868. The lowest BCUT2D eigenvalue weighted by Gasteiger charge is -2.16. The van der Waals surface area contributed by atoms with Gasteiger partial charge in [0, 0.05) is 56.8 Å². The van der Waals surface area contributed by atoms with E-state index in [1.54, 1.807) is 6.20 Å². The summed E-state index contributed by atoms with van der Waals surface area (Å²) >= 11 is 0. The fourth-order valence-corrected chi connectivity index (χ4v) is 2.58. The van der Waals surface area contributed by atoms with Gasteiger partial charge in [0.1, 0.15) is 5.69 Å². The first-order valence-electron chi connectivity index (χ1n) is 6.38. The molecule has 4 rings (SSSR count). The normalized spacial score (nSPS) is 14.8. The second-order valence-corrected chi connectivity index (χ2v) is 4.82. The number of hydrogen-bond donors (Lipinski definition) is 1. The molecule has 0 aromatic carbocycles. The highest BCUT2D eigenvalue weighted by molar-refractivity contribution is 5.58. The van der Waals surface area contributed by atoms with Crippen LogP contribution in [0.15, 0.2) is 24.7 Å². The van der Waals surface area contributed by atoms with Crippen molar-refractivity contribution in [3.63, 3.8) is 0 Å². The van der Waals surface area contributed by atoms with Crippen LogP contribution in [0.3, 0.4) is 0 Å². The van der Waals surface area contributed by atoms with Crippen molar-refractivity contribution in [1.29, 1.82) is 0 Å². The van der Waals surface area contributed by atoms with Gasteiger partial charge in [-0.3, -0.25) is 0 Å². The Morgan fingerprint density at radius 2 is 2.26 bits per heavy atom. The third kappa shape index (κ3) is 1.57. The Morgan fingerprint density at radius 3 is 3.11 bits per heavy atom. The van der Waals surface area contributed by atoms with Gasteiger partial charge in [0.25, 0.3) is 0 Å². The van der Waals surface area contributed by atoms with Gasteiger partial charge >= 0.3 is 0 Å². The Labute approximate surface area is 110 Å². The van der Waals surface area contributed by atoms with E-state index in [-0.39, 0.29) is 0 Å². The van der Waals surface area contributed by atoms with Crippen LogP contribution in [0.1, 0.15) is 11.3 Å². The van der Waals surface area contributed by atoms with Gasteiger partial charge < -0.3 is 9.88 Å². The van der Waals surface area contributed by atoms with E-state index >= 15 is 0 Å². The van der Waals surface area contributed by atoms with E-state index in [1.807, 2.05) is 34.6 Å². The van der Waals surface area contributed by atoms with Crippen LogP contribution in [0.25, 0.3) is 17.2 Å². The largest absolute Gasteiger partial charge is 0.333 e. The first-order chi connectivity index (χ1) is 9.33. The Bertz CT molecular complexity index is 754. The van der Waals surface area contributed by atoms with E-state index in [0.29, 0.717) is 0 Å². The number of hydrogen-bond acceptors (Lipinski definition) is 4. The molecule has 6 heteroatoms. The Kier molecular flexibility index (Phi) is 2.19. The van der Waals surface area contributed by atoms with E-state index in [0.717, 1.165) is 36.7 Å². The van der Waals surface area contributed by atoms with Crippen molar-refractivity contribution in [3.05, 3.63) is 35.9 Å². The number of imidazole rings is 1. The van der Waals surface area contributed by atoms with Crippen molar-refractivity contribution in [2.24, 2.45) is 7.05 Å². The standard InChI is InChI=1S/C13H14N6/c1-18-5-4-15-13(18)10-6-12-16-8-9-7-14-3-2-11(9)19(12)17-10/h4-6,8,14H,2-3,7H2,1H3. The van der Waals surface area contributed by atoms with Crippen molar-refractivity contribution in [2.75, 3.05) is 6.54 Å². The van der Waals surface area contributed by atoms with Crippen molar-refractivity contribution in [3.8, 4) is 11.5 Å². The van der Waals surface area contributed by atoms with Gasteiger partial charge in [0.15, 0.2) is 11.5 Å². The van der Waals surface area contributed by atoms with Crippen molar-refractivity contribution in [1.82, 2.24) is 29.5 Å². The molecule has 4 heterocycles. The van der Waals surface area contributed by atoms with E-state index in [9.17, 15) is 0 Å². The molecule has 0 bridgehead atoms. The maximum absolute atomic E-state index is 4.67. The SMILES string of the molecule is Cn1ccnc1-c1cc2ncc3c(n2n1)CCNC3. The van der Waals surface area contributed by atoms with Crippen LogP contribution in [0.5, 0.6) is 0 Å². The number of nitrogens with one attached hydrogen (secondary N) is 1. The van der Waals surface area contributed by atoms with Gasteiger partial charge in [0.05, 0.1) is 5.69 Å². The molecule has 0 saturated heterocycles. The second kappa shape index (κ2) is 3.89. The molecule has 19 heavy (non-hydrogen) atoms. The molecule has 0 aliphatic carbocycles. The van der Waals surface area contributed by atoms with Crippen molar-refractivity contribution in [2.45, 2.75) is 13.0 Å². The maximum atomic E-state index is 4.67. The number of nitrogens with zero attached hydrogens (tertiary/aromatic N) is 5. The van der Waals surface area contributed by atoms with Crippen LogP contribution in [-0.2, 0) is 20.0 Å². The molecule has 0 atom stereocenters. The predicted octanol–water partition coefficient (Wildman–Crippen LogP) is 0.775. The second-order valence-electron chi connectivity index (χ2n) is 4.82. The first kappa shape index (κ1) is 10.7. The van der Waals surface area contributed by atoms with Gasteiger partial charge in [0.2, 0.25) is 0 Å². The molecule has 1 N–H and O–H groups in total. The summed E-state index contributed by atoms with van der Waals surface area (Å²) in [6, 6.07) is 1.99. The van der Waals surface area contributed by atoms with Gasteiger partial charge in [-0.2, -0.15) is 5.10 Å². The number of fused-ring (bicyclic) bond motifs is 3. The number of aryl methyl sites for hydroxylation is 1. The third-order valence-electron chi connectivity index (χ3n) is 3.57. The predicted molar refractivity (Wildman–Crippen MR) is 70.6 cm³/mol. The van der Waals surface area contributed by atoms with Gasteiger partial charge in [-0.05, 0) is 0 Å². The van der Waals surface area contributed by atoms with Gasteiger partial charge in [-0.15, -0.1) is 0 Å².